The molecule has 0 amide bonds. The number of ether oxygens (including phenoxy) is 1. The summed E-state index contributed by atoms with van der Waals surface area (Å²) in [7, 11) is 1.24. The van der Waals surface area contributed by atoms with Crippen LogP contribution in [0, 0.1) is 6.92 Å². The van der Waals surface area contributed by atoms with Gasteiger partial charge in [0.25, 0.3) is 0 Å². The van der Waals surface area contributed by atoms with Crippen molar-refractivity contribution in [1.82, 2.24) is 20.2 Å². The van der Waals surface area contributed by atoms with Crippen molar-refractivity contribution in [2.75, 3.05) is 12.8 Å². The Morgan fingerprint density at radius 1 is 1.20 bits per heavy atom. The van der Waals surface area contributed by atoms with Crippen LogP contribution in [0.3, 0.4) is 0 Å². The van der Waals surface area contributed by atoms with Crippen LogP contribution in [0.5, 0.6) is 5.75 Å². The number of pyridine rings is 1. The van der Waals surface area contributed by atoms with Crippen LogP contribution >= 0.6 is 0 Å². The Balaban J connectivity index is 2.57. The van der Waals surface area contributed by atoms with Crippen molar-refractivity contribution in [2.45, 2.75) is 13.1 Å². The SMILES string of the molecule is COc1cc(C(F)(F)F)cnc1-c1nnc(N)nc1C. The first-order valence-electron chi connectivity index (χ1n) is 5.41. The van der Waals surface area contributed by atoms with Crippen LogP contribution in [-0.2, 0) is 6.18 Å². The Labute approximate surface area is 111 Å². The molecule has 106 valence electrons. The number of anilines is 1. The van der Waals surface area contributed by atoms with Gasteiger partial charge in [0.1, 0.15) is 17.1 Å². The van der Waals surface area contributed by atoms with Gasteiger partial charge in [0.2, 0.25) is 5.95 Å². The van der Waals surface area contributed by atoms with Gasteiger partial charge in [0.05, 0.1) is 18.4 Å². The predicted molar refractivity (Wildman–Crippen MR) is 63.8 cm³/mol. The van der Waals surface area contributed by atoms with E-state index in [0.29, 0.717) is 11.9 Å². The number of nitrogens with two attached hydrogens (primary N) is 1. The van der Waals surface area contributed by atoms with Crippen LogP contribution in [0.2, 0.25) is 0 Å². The number of nitrogens with zero attached hydrogens (tertiary/aromatic N) is 4. The van der Waals surface area contributed by atoms with Crippen molar-refractivity contribution in [3.05, 3.63) is 23.5 Å². The summed E-state index contributed by atoms with van der Waals surface area (Å²) in [6.07, 6.45) is -3.80. The quantitative estimate of drug-likeness (QED) is 0.906. The maximum atomic E-state index is 12.6. The van der Waals surface area contributed by atoms with Gasteiger partial charge in [-0.3, -0.25) is 0 Å². The number of halogens is 3. The first kappa shape index (κ1) is 14.0. The second-order valence-electron chi connectivity index (χ2n) is 3.88. The van der Waals surface area contributed by atoms with Gasteiger partial charge in [-0.1, -0.05) is 0 Å². The Kier molecular flexibility index (Phi) is 3.43. The number of rotatable bonds is 2. The molecule has 2 heterocycles. The van der Waals surface area contributed by atoms with E-state index in [1.165, 1.54) is 7.11 Å². The zero-order valence-corrected chi connectivity index (χ0v) is 10.6. The lowest BCUT2D eigenvalue weighted by Crippen LogP contribution is -2.08. The third-order valence-corrected chi connectivity index (χ3v) is 2.50. The molecule has 0 aliphatic rings. The van der Waals surface area contributed by atoms with Gasteiger partial charge in [-0.25, -0.2) is 9.97 Å². The summed E-state index contributed by atoms with van der Waals surface area (Å²) in [6, 6.07) is 0.847. The van der Waals surface area contributed by atoms with E-state index in [2.05, 4.69) is 20.2 Å². The highest BCUT2D eigenvalue weighted by Gasteiger charge is 2.32. The molecule has 0 atom stereocenters. The van der Waals surface area contributed by atoms with E-state index in [4.69, 9.17) is 10.5 Å². The monoisotopic (exact) mass is 285 g/mol. The van der Waals surface area contributed by atoms with Gasteiger partial charge in [0, 0.05) is 6.20 Å². The predicted octanol–water partition coefficient (Wildman–Crippen LogP) is 1.85. The summed E-state index contributed by atoms with van der Waals surface area (Å²) in [5.41, 5.74) is 5.19. The second-order valence-corrected chi connectivity index (χ2v) is 3.88. The molecule has 6 nitrogen and oxygen atoms in total. The summed E-state index contributed by atoms with van der Waals surface area (Å²) in [6.45, 7) is 1.60. The number of methoxy groups -OCH3 is 1. The van der Waals surface area contributed by atoms with Gasteiger partial charge >= 0.3 is 6.18 Å². The zero-order valence-electron chi connectivity index (χ0n) is 10.6. The largest absolute Gasteiger partial charge is 0.494 e. The molecule has 0 radical (unpaired) electrons. The Bertz CT molecular complexity index is 644. The molecule has 2 aromatic heterocycles. The summed E-state index contributed by atoms with van der Waals surface area (Å²) >= 11 is 0. The lowest BCUT2D eigenvalue weighted by Gasteiger charge is -2.12. The van der Waals surface area contributed by atoms with Crippen molar-refractivity contribution in [3.63, 3.8) is 0 Å². The summed E-state index contributed by atoms with van der Waals surface area (Å²) in [4.78, 5) is 7.63. The fourth-order valence-electron chi connectivity index (χ4n) is 1.57. The minimum atomic E-state index is -4.50. The maximum Gasteiger partial charge on any atom is 0.418 e. The van der Waals surface area contributed by atoms with E-state index < -0.39 is 11.7 Å². The molecule has 0 aliphatic carbocycles. The Morgan fingerprint density at radius 3 is 2.45 bits per heavy atom. The molecule has 0 saturated heterocycles. The molecule has 20 heavy (non-hydrogen) atoms. The number of hydrogen-bond acceptors (Lipinski definition) is 6. The van der Waals surface area contributed by atoms with Crippen molar-refractivity contribution < 1.29 is 17.9 Å². The van der Waals surface area contributed by atoms with Crippen molar-refractivity contribution >= 4 is 5.95 Å². The second kappa shape index (κ2) is 4.91. The summed E-state index contributed by atoms with van der Waals surface area (Å²) in [5.74, 6) is -0.0964. The highest BCUT2D eigenvalue weighted by atomic mass is 19.4. The molecule has 2 N–H and O–H groups in total. The van der Waals surface area contributed by atoms with Gasteiger partial charge in [-0.15, -0.1) is 10.2 Å². The maximum absolute atomic E-state index is 12.6. The summed E-state index contributed by atoms with van der Waals surface area (Å²) in [5, 5.41) is 7.35. The molecule has 0 bridgehead atoms. The third kappa shape index (κ3) is 2.60. The molecule has 9 heteroatoms. The lowest BCUT2D eigenvalue weighted by atomic mass is 10.1. The fourth-order valence-corrected chi connectivity index (χ4v) is 1.57. The first-order chi connectivity index (χ1) is 9.32. The van der Waals surface area contributed by atoms with Gasteiger partial charge < -0.3 is 10.5 Å². The molecule has 0 aromatic carbocycles. The number of hydrogen-bond donors (Lipinski definition) is 1. The smallest absolute Gasteiger partial charge is 0.418 e. The van der Waals surface area contributed by atoms with Crippen LogP contribution < -0.4 is 10.5 Å². The summed E-state index contributed by atoms with van der Waals surface area (Å²) < 4.78 is 42.8. The molecule has 0 fully saturated rings. The molecular formula is C11H10F3N5O. The van der Waals surface area contributed by atoms with E-state index in [0.717, 1.165) is 6.07 Å². The topological polar surface area (TPSA) is 86.8 Å². The van der Waals surface area contributed by atoms with Crippen LogP contribution in [0.1, 0.15) is 11.3 Å². The minimum Gasteiger partial charge on any atom is -0.494 e. The van der Waals surface area contributed by atoms with Crippen molar-refractivity contribution in [3.8, 4) is 17.1 Å². The molecular weight excluding hydrogens is 275 g/mol. The van der Waals surface area contributed by atoms with Gasteiger partial charge in [-0.05, 0) is 13.0 Å². The lowest BCUT2D eigenvalue weighted by molar-refractivity contribution is -0.137. The number of aromatic nitrogens is 4. The molecule has 0 aliphatic heterocycles. The average molecular weight is 285 g/mol. The Morgan fingerprint density at radius 2 is 1.90 bits per heavy atom. The first-order valence-corrected chi connectivity index (χ1v) is 5.41. The third-order valence-electron chi connectivity index (χ3n) is 2.50. The van der Waals surface area contributed by atoms with E-state index >= 15 is 0 Å². The average Bonchev–Trinajstić information content (AvgIpc) is 2.37. The fraction of sp³-hybridized carbons (Fsp3) is 0.273. The highest BCUT2D eigenvalue weighted by Crippen LogP contribution is 2.35. The van der Waals surface area contributed by atoms with Crippen LogP contribution in [-0.4, -0.2) is 27.3 Å². The minimum absolute atomic E-state index is 0.0304. The van der Waals surface area contributed by atoms with E-state index in [1.54, 1.807) is 6.92 Å². The van der Waals surface area contributed by atoms with E-state index in [1.807, 2.05) is 0 Å². The zero-order chi connectivity index (χ0) is 14.9. The van der Waals surface area contributed by atoms with Crippen molar-refractivity contribution in [1.29, 1.82) is 0 Å². The van der Waals surface area contributed by atoms with Gasteiger partial charge in [0.15, 0.2) is 0 Å². The molecule has 0 saturated carbocycles. The van der Waals surface area contributed by atoms with E-state index in [-0.39, 0.29) is 23.1 Å². The number of nitrogen functional groups attached to an aromatic ring is 1. The van der Waals surface area contributed by atoms with Crippen molar-refractivity contribution in [2.24, 2.45) is 0 Å². The molecule has 2 rings (SSSR count). The number of alkyl halides is 3. The van der Waals surface area contributed by atoms with Gasteiger partial charge in [-0.2, -0.15) is 13.2 Å². The molecule has 0 unspecified atom stereocenters. The van der Waals surface area contributed by atoms with E-state index in [9.17, 15) is 13.2 Å². The number of aryl methyl sites for hydroxylation is 1. The van der Waals surface area contributed by atoms with Crippen LogP contribution in [0.4, 0.5) is 19.1 Å². The Hall–Kier alpha value is -2.45. The van der Waals surface area contributed by atoms with Crippen LogP contribution in [0.15, 0.2) is 12.3 Å². The van der Waals surface area contributed by atoms with Crippen LogP contribution in [0.25, 0.3) is 11.4 Å². The highest BCUT2D eigenvalue weighted by molar-refractivity contribution is 5.64. The standard InChI is InChI=1S/C11H10F3N5O/c1-5-8(18-19-10(15)17-5)9-7(20-2)3-6(4-16-9)11(12,13)14/h3-4H,1-2H3,(H2,15,17,19). The normalized spacial score (nSPS) is 11.4. The molecule has 0 spiro atoms. The molecule has 2 aromatic rings.